The van der Waals surface area contributed by atoms with Gasteiger partial charge in [0.05, 0.1) is 11.3 Å². The van der Waals surface area contributed by atoms with Crippen LogP contribution < -0.4 is 0 Å². The second-order valence-electron chi connectivity index (χ2n) is 4.60. The van der Waals surface area contributed by atoms with Gasteiger partial charge in [-0.15, -0.1) is 0 Å². The molecule has 0 aliphatic heterocycles. The number of alkyl halides is 3. The molecule has 0 bridgehead atoms. The molecule has 0 saturated heterocycles. The van der Waals surface area contributed by atoms with E-state index in [0.717, 1.165) is 23.5 Å². The lowest BCUT2D eigenvalue weighted by Gasteiger charge is -2.07. The summed E-state index contributed by atoms with van der Waals surface area (Å²) in [4.78, 5) is 4.36. The van der Waals surface area contributed by atoms with Crippen LogP contribution in [0.5, 0.6) is 0 Å². The van der Waals surface area contributed by atoms with Gasteiger partial charge in [-0.2, -0.15) is 13.2 Å². The van der Waals surface area contributed by atoms with Crippen LogP contribution in [0, 0.1) is 6.92 Å². The molecule has 0 N–H and O–H groups in total. The molecular formula is C15H11F3N2. The molecule has 3 aromatic rings. The molecule has 2 heterocycles. The molecule has 0 aliphatic carbocycles. The van der Waals surface area contributed by atoms with Crippen LogP contribution in [0.15, 0.2) is 48.7 Å². The molecular weight excluding hydrogens is 265 g/mol. The van der Waals surface area contributed by atoms with Crippen molar-refractivity contribution in [2.75, 3.05) is 0 Å². The molecule has 20 heavy (non-hydrogen) atoms. The van der Waals surface area contributed by atoms with Crippen LogP contribution in [0.3, 0.4) is 0 Å². The third-order valence-electron chi connectivity index (χ3n) is 3.18. The zero-order valence-electron chi connectivity index (χ0n) is 10.6. The number of aromatic nitrogens is 2. The standard InChI is InChI=1S/C15H11F3N2/c1-10-4-2-7-14-19-13(9-20(10)14)11-5-3-6-12(8-11)15(16,17)18/h2-9H,1H3. The Hall–Kier alpha value is -2.30. The molecule has 2 nitrogen and oxygen atoms in total. The highest BCUT2D eigenvalue weighted by molar-refractivity contribution is 5.63. The van der Waals surface area contributed by atoms with Crippen molar-refractivity contribution in [2.24, 2.45) is 0 Å². The van der Waals surface area contributed by atoms with Gasteiger partial charge in [-0.3, -0.25) is 0 Å². The van der Waals surface area contributed by atoms with Gasteiger partial charge < -0.3 is 4.40 Å². The fourth-order valence-electron chi connectivity index (χ4n) is 2.14. The van der Waals surface area contributed by atoms with E-state index in [2.05, 4.69) is 4.98 Å². The van der Waals surface area contributed by atoms with E-state index in [4.69, 9.17) is 0 Å². The number of nitrogens with zero attached hydrogens (tertiary/aromatic N) is 2. The first-order valence-corrected chi connectivity index (χ1v) is 6.07. The first-order valence-electron chi connectivity index (χ1n) is 6.07. The maximum absolute atomic E-state index is 12.7. The highest BCUT2D eigenvalue weighted by Gasteiger charge is 2.30. The van der Waals surface area contributed by atoms with Crippen LogP contribution >= 0.6 is 0 Å². The van der Waals surface area contributed by atoms with E-state index >= 15 is 0 Å². The number of hydrogen-bond acceptors (Lipinski definition) is 1. The molecule has 0 spiro atoms. The summed E-state index contributed by atoms with van der Waals surface area (Å²) in [6, 6.07) is 10.8. The zero-order chi connectivity index (χ0) is 14.3. The summed E-state index contributed by atoms with van der Waals surface area (Å²) in [5.41, 5.74) is 2.03. The largest absolute Gasteiger partial charge is 0.416 e. The van der Waals surface area contributed by atoms with Gasteiger partial charge >= 0.3 is 6.18 Å². The molecule has 0 amide bonds. The second-order valence-corrected chi connectivity index (χ2v) is 4.60. The van der Waals surface area contributed by atoms with Crippen LogP contribution in [-0.2, 0) is 6.18 Å². The van der Waals surface area contributed by atoms with E-state index in [0.29, 0.717) is 11.3 Å². The van der Waals surface area contributed by atoms with Crippen LogP contribution in [0.2, 0.25) is 0 Å². The van der Waals surface area contributed by atoms with Crippen LogP contribution in [0.4, 0.5) is 13.2 Å². The van der Waals surface area contributed by atoms with E-state index in [9.17, 15) is 13.2 Å². The Kier molecular flexibility index (Phi) is 2.78. The Morgan fingerprint density at radius 2 is 1.80 bits per heavy atom. The summed E-state index contributed by atoms with van der Waals surface area (Å²) >= 11 is 0. The SMILES string of the molecule is Cc1cccc2nc(-c3cccc(C(F)(F)F)c3)cn12. The minimum atomic E-state index is -4.34. The lowest BCUT2D eigenvalue weighted by atomic mass is 10.1. The van der Waals surface area contributed by atoms with Gasteiger partial charge in [-0.1, -0.05) is 18.2 Å². The van der Waals surface area contributed by atoms with E-state index in [1.807, 2.05) is 29.5 Å². The summed E-state index contributed by atoms with van der Waals surface area (Å²) in [6.45, 7) is 1.92. The summed E-state index contributed by atoms with van der Waals surface area (Å²) in [7, 11) is 0. The smallest absolute Gasteiger partial charge is 0.304 e. The minimum Gasteiger partial charge on any atom is -0.304 e. The predicted molar refractivity (Wildman–Crippen MR) is 70.4 cm³/mol. The monoisotopic (exact) mass is 276 g/mol. The number of imidazole rings is 1. The van der Waals surface area contributed by atoms with Crippen LogP contribution in [0.25, 0.3) is 16.9 Å². The molecule has 0 atom stereocenters. The third-order valence-corrected chi connectivity index (χ3v) is 3.18. The molecule has 0 aliphatic rings. The Bertz CT molecular complexity index is 772. The van der Waals surface area contributed by atoms with Crippen molar-refractivity contribution >= 4 is 5.65 Å². The minimum absolute atomic E-state index is 0.461. The Morgan fingerprint density at radius 3 is 2.50 bits per heavy atom. The number of aryl methyl sites for hydroxylation is 1. The summed E-state index contributed by atoms with van der Waals surface area (Å²) < 4.78 is 40.0. The first kappa shape index (κ1) is 12.7. The topological polar surface area (TPSA) is 17.3 Å². The van der Waals surface area contributed by atoms with E-state index in [1.165, 1.54) is 6.07 Å². The van der Waals surface area contributed by atoms with Gasteiger partial charge in [0.25, 0.3) is 0 Å². The van der Waals surface area contributed by atoms with Gasteiger partial charge in [0, 0.05) is 17.5 Å². The van der Waals surface area contributed by atoms with Crippen molar-refractivity contribution in [2.45, 2.75) is 13.1 Å². The van der Waals surface area contributed by atoms with Crippen molar-refractivity contribution in [1.29, 1.82) is 0 Å². The number of fused-ring (bicyclic) bond motifs is 1. The average molecular weight is 276 g/mol. The Labute approximate surface area is 113 Å². The van der Waals surface area contributed by atoms with Crippen molar-refractivity contribution in [3.63, 3.8) is 0 Å². The molecule has 2 aromatic heterocycles. The molecule has 0 fully saturated rings. The summed E-state index contributed by atoms with van der Waals surface area (Å²) in [5.74, 6) is 0. The lowest BCUT2D eigenvalue weighted by molar-refractivity contribution is -0.137. The maximum Gasteiger partial charge on any atom is 0.416 e. The van der Waals surface area contributed by atoms with Crippen molar-refractivity contribution in [3.05, 3.63) is 59.9 Å². The van der Waals surface area contributed by atoms with Gasteiger partial charge in [-0.05, 0) is 31.2 Å². The highest BCUT2D eigenvalue weighted by atomic mass is 19.4. The quantitative estimate of drug-likeness (QED) is 0.646. The first-order chi connectivity index (χ1) is 9.45. The lowest BCUT2D eigenvalue weighted by Crippen LogP contribution is -2.04. The molecule has 0 saturated carbocycles. The van der Waals surface area contributed by atoms with Gasteiger partial charge in [0.1, 0.15) is 5.65 Å². The second kappa shape index (κ2) is 4.37. The number of benzene rings is 1. The number of halogens is 3. The van der Waals surface area contributed by atoms with Gasteiger partial charge in [0.15, 0.2) is 0 Å². The molecule has 0 unspecified atom stereocenters. The summed E-state index contributed by atoms with van der Waals surface area (Å²) in [5, 5.41) is 0. The van der Waals surface area contributed by atoms with Crippen LogP contribution in [-0.4, -0.2) is 9.38 Å². The normalized spacial score (nSPS) is 12.0. The van der Waals surface area contributed by atoms with E-state index in [-0.39, 0.29) is 0 Å². The fourth-order valence-corrected chi connectivity index (χ4v) is 2.14. The highest BCUT2D eigenvalue weighted by Crippen LogP contribution is 2.32. The van der Waals surface area contributed by atoms with E-state index < -0.39 is 11.7 Å². The molecule has 1 aromatic carbocycles. The Balaban J connectivity index is 2.14. The van der Waals surface area contributed by atoms with Gasteiger partial charge in [-0.25, -0.2) is 4.98 Å². The third kappa shape index (κ3) is 2.15. The summed E-state index contributed by atoms with van der Waals surface area (Å²) in [6.07, 6.45) is -2.59. The predicted octanol–water partition coefficient (Wildman–Crippen LogP) is 4.33. The molecule has 3 rings (SSSR count). The van der Waals surface area contributed by atoms with E-state index in [1.54, 1.807) is 12.3 Å². The number of hydrogen-bond donors (Lipinski definition) is 0. The molecule has 102 valence electrons. The molecule has 5 heteroatoms. The van der Waals surface area contributed by atoms with Crippen molar-refractivity contribution in [3.8, 4) is 11.3 Å². The van der Waals surface area contributed by atoms with Gasteiger partial charge in [0.2, 0.25) is 0 Å². The maximum atomic E-state index is 12.7. The van der Waals surface area contributed by atoms with Crippen molar-refractivity contribution in [1.82, 2.24) is 9.38 Å². The Morgan fingerprint density at radius 1 is 1.05 bits per heavy atom. The average Bonchev–Trinajstić information content (AvgIpc) is 2.83. The van der Waals surface area contributed by atoms with Crippen molar-refractivity contribution < 1.29 is 13.2 Å². The van der Waals surface area contributed by atoms with Crippen LogP contribution in [0.1, 0.15) is 11.3 Å². The molecule has 0 radical (unpaired) electrons. The number of pyridine rings is 1. The number of rotatable bonds is 1. The zero-order valence-corrected chi connectivity index (χ0v) is 10.6. The fraction of sp³-hybridized carbons (Fsp3) is 0.133.